The lowest BCUT2D eigenvalue weighted by Gasteiger charge is -2.27. The molecule has 0 saturated carbocycles. The van der Waals surface area contributed by atoms with E-state index in [9.17, 15) is 9.18 Å². The van der Waals surface area contributed by atoms with Crippen molar-refractivity contribution in [3.05, 3.63) is 35.1 Å². The number of nitrogens with zero attached hydrogens (tertiary/aromatic N) is 1. The number of aryl methyl sites for hydroxylation is 1. The number of carbonyl (C=O) groups is 1. The standard InChI is InChI=1S/C15H21FN2O/c1-11-5-6-13(14(16)10-11)15(19)18(2)12-4-3-8-17-9-7-12/h5-6,10,12,17H,3-4,7-9H2,1-2H3. The van der Waals surface area contributed by atoms with E-state index in [0.29, 0.717) is 0 Å². The van der Waals surface area contributed by atoms with E-state index in [4.69, 9.17) is 0 Å². The molecule has 1 aliphatic heterocycles. The molecular weight excluding hydrogens is 243 g/mol. The minimum atomic E-state index is -0.427. The molecule has 3 nitrogen and oxygen atoms in total. The summed E-state index contributed by atoms with van der Waals surface area (Å²) in [6.45, 7) is 3.73. The van der Waals surface area contributed by atoms with E-state index in [0.717, 1.165) is 37.9 Å². The molecule has 0 radical (unpaired) electrons. The van der Waals surface area contributed by atoms with Crippen molar-refractivity contribution >= 4 is 5.91 Å². The number of hydrogen-bond acceptors (Lipinski definition) is 2. The summed E-state index contributed by atoms with van der Waals surface area (Å²) in [6.07, 6.45) is 2.96. The van der Waals surface area contributed by atoms with Crippen LogP contribution in [0.15, 0.2) is 18.2 Å². The Morgan fingerprint density at radius 2 is 2.16 bits per heavy atom. The molecular formula is C15H21FN2O. The first-order chi connectivity index (χ1) is 9.09. The maximum absolute atomic E-state index is 13.8. The second-order valence-electron chi connectivity index (χ2n) is 5.23. The lowest BCUT2D eigenvalue weighted by molar-refractivity contribution is 0.0715. The summed E-state index contributed by atoms with van der Waals surface area (Å²) in [5.41, 5.74) is 1.00. The molecule has 1 saturated heterocycles. The van der Waals surface area contributed by atoms with Crippen LogP contribution in [0.3, 0.4) is 0 Å². The molecule has 1 aromatic carbocycles. The number of amides is 1. The van der Waals surface area contributed by atoms with Gasteiger partial charge in [-0.05, 0) is 57.0 Å². The van der Waals surface area contributed by atoms with Crippen molar-refractivity contribution in [2.24, 2.45) is 0 Å². The average molecular weight is 264 g/mol. The van der Waals surface area contributed by atoms with Gasteiger partial charge in [-0.15, -0.1) is 0 Å². The summed E-state index contributed by atoms with van der Waals surface area (Å²) in [5.74, 6) is -0.645. The number of carbonyl (C=O) groups excluding carboxylic acids is 1. The molecule has 1 heterocycles. The van der Waals surface area contributed by atoms with Gasteiger partial charge in [-0.3, -0.25) is 4.79 Å². The summed E-state index contributed by atoms with van der Waals surface area (Å²) < 4.78 is 13.8. The SMILES string of the molecule is Cc1ccc(C(=O)N(C)C2CCCNCC2)c(F)c1. The van der Waals surface area contributed by atoms with Crippen molar-refractivity contribution in [2.45, 2.75) is 32.2 Å². The van der Waals surface area contributed by atoms with Gasteiger partial charge in [0.25, 0.3) is 5.91 Å². The van der Waals surface area contributed by atoms with E-state index in [1.807, 2.05) is 6.92 Å². The van der Waals surface area contributed by atoms with Crippen LogP contribution in [0, 0.1) is 12.7 Å². The zero-order valence-corrected chi connectivity index (χ0v) is 11.6. The fourth-order valence-electron chi connectivity index (χ4n) is 2.54. The molecule has 104 valence electrons. The predicted octanol–water partition coefficient (Wildman–Crippen LogP) is 2.35. The Kier molecular flexibility index (Phi) is 4.53. The van der Waals surface area contributed by atoms with Crippen LogP contribution in [-0.2, 0) is 0 Å². The van der Waals surface area contributed by atoms with Crippen LogP contribution in [0.4, 0.5) is 4.39 Å². The minimum Gasteiger partial charge on any atom is -0.339 e. The molecule has 1 aliphatic rings. The van der Waals surface area contributed by atoms with Gasteiger partial charge >= 0.3 is 0 Å². The molecule has 0 aliphatic carbocycles. The summed E-state index contributed by atoms with van der Waals surface area (Å²) in [7, 11) is 1.78. The van der Waals surface area contributed by atoms with Gasteiger partial charge in [-0.1, -0.05) is 6.07 Å². The molecule has 0 spiro atoms. The second kappa shape index (κ2) is 6.15. The van der Waals surface area contributed by atoms with Crippen molar-refractivity contribution in [3.8, 4) is 0 Å². The Hall–Kier alpha value is -1.42. The molecule has 0 bridgehead atoms. The van der Waals surface area contributed by atoms with E-state index in [1.165, 1.54) is 6.07 Å². The Bertz CT molecular complexity index is 453. The third-order valence-electron chi connectivity index (χ3n) is 3.77. The summed E-state index contributed by atoms with van der Waals surface area (Å²) in [4.78, 5) is 14.0. The molecule has 1 unspecified atom stereocenters. The first kappa shape index (κ1) is 14.0. The fraction of sp³-hybridized carbons (Fsp3) is 0.533. The van der Waals surface area contributed by atoms with E-state index in [-0.39, 0.29) is 17.5 Å². The van der Waals surface area contributed by atoms with E-state index in [1.54, 1.807) is 24.1 Å². The van der Waals surface area contributed by atoms with E-state index >= 15 is 0 Å². The molecule has 0 aromatic heterocycles. The molecule has 19 heavy (non-hydrogen) atoms. The Balaban J connectivity index is 2.13. The normalized spacial score (nSPS) is 19.8. The molecule has 2 rings (SSSR count). The second-order valence-corrected chi connectivity index (χ2v) is 5.23. The summed E-state index contributed by atoms with van der Waals surface area (Å²) >= 11 is 0. The van der Waals surface area contributed by atoms with Crippen LogP contribution in [0.5, 0.6) is 0 Å². The van der Waals surface area contributed by atoms with Gasteiger partial charge in [0.2, 0.25) is 0 Å². The van der Waals surface area contributed by atoms with Crippen molar-refractivity contribution in [2.75, 3.05) is 20.1 Å². The van der Waals surface area contributed by atoms with Gasteiger partial charge < -0.3 is 10.2 Å². The Morgan fingerprint density at radius 3 is 2.89 bits per heavy atom. The quantitative estimate of drug-likeness (QED) is 0.889. The molecule has 4 heteroatoms. The summed E-state index contributed by atoms with van der Waals surface area (Å²) in [5, 5.41) is 3.32. The predicted molar refractivity (Wildman–Crippen MR) is 73.7 cm³/mol. The monoisotopic (exact) mass is 264 g/mol. The van der Waals surface area contributed by atoms with Crippen LogP contribution in [0.1, 0.15) is 35.2 Å². The number of rotatable bonds is 2. The first-order valence-corrected chi connectivity index (χ1v) is 6.83. The maximum Gasteiger partial charge on any atom is 0.256 e. The number of halogens is 1. The number of hydrogen-bond donors (Lipinski definition) is 1. The van der Waals surface area contributed by atoms with Crippen LogP contribution >= 0.6 is 0 Å². The van der Waals surface area contributed by atoms with Gasteiger partial charge in [0.05, 0.1) is 5.56 Å². The van der Waals surface area contributed by atoms with Gasteiger partial charge in [0.1, 0.15) is 5.82 Å². The smallest absolute Gasteiger partial charge is 0.256 e. The zero-order valence-electron chi connectivity index (χ0n) is 11.6. The number of nitrogens with one attached hydrogen (secondary N) is 1. The van der Waals surface area contributed by atoms with Gasteiger partial charge in [-0.25, -0.2) is 4.39 Å². The highest BCUT2D eigenvalue weighted by atomic mass is 19.1. The van der Waals surface area contributed by atoms with Crippen molar-refractivity contribution in [1.29, 1.82) is 0 Å². The first-order valence-electron chi connectivity index (χ1n) is 6.83. The molecule has 1 atom stereocenters. The van der Waals surface area contributed by atoms with Crippen molar-refractivity contribution < 1.29 is 9.18 Å². The van der Waals surface area contributed by atoms with Crippen LogP contribution in [0.25, 0.3) is 0 Å². The third kappa shape index (κ3) is 3.32. The van der Waals surface area contributed by atoms with Crippen molar-refractivity contribution in [3.63, 3.8) is 0 Å². The van der Waals surface area contributed by atoms with Gasteiger partial charge in [0, 0.05) is 13.1 Å². The third-order valence-corrected chi connectivity index (χ3v) is 3.77. The molecule has 1 fully saturated rings. The van der Waals surface area contributed by atoms with Crippen LogP contribution < -0.4 is 5.32 Å². The molecule has 1 aromatic rings. The maximum atomic E-state index is 13.8. The number of benzene rings is 1. The molecule has 1 amide bonds. The topological polar surface area (TPSA) is 32.3 Å². The van der Waals surface area contributed by atoms with Gasteiger partial charge in [0.15, 0.2) is 0 Å². The van der Waals surface area contributed by atoms with E-state index in [2.05, 4.69) is 5.32 Å². The minimum absolute atomic E-state index is 0.172. The Labute approximate surface area is 113 Å². The Morgan fingerprint density at radius 1 is 1.37 bits per heavy atom. The van der Waals surface area contributed by atoms with Crippen molar-refractivity contribution in [1.82, 2.24) is 10.2 Å². The zero-order chi connectivity index (χ0) is 13.8. The lowest BCUT2D eigenvalue weighted by atomic mass is 10.1. The average Bonchev–Trinajstić information content (AvgIpc) is 2.66. The van der Waals surface area contributed by atoms with Gasteiger partial charge in [-0.2, -0.15) is 0 Å². The highest BCUT2D eigenvalue weighted by molar-refractivity contribution is 5.94. The summed E-state index contributed by atoms with van der Waals surface area (Å²) in [6, 6.07) is 4.97. The highest BCUT2D eigenvalue weighted by Crippen LogP contribution is 2.17. The molecule has 1 N–H and O–H groups in total. The fourth-order valence-corrected chi connectivity index (χ4v) is 2.54. The van der Waals surface area contributed by atoms with Crippen LogP contribution in [-0.4, -0.2) is 37.0 Å². The van der Waals surface area contributed by atoms with E-state index < -0.39 is 5.82 Å². The lowest BCUT2D eigenvalue weighted by Crippen LogP contribution is -2.38. The highest BCUT2D eigenvalue weighted by Gasteiger charge is 2.23. The largest absolute Gasteiger partial charge is 0.339 e. The van der Waals surface area contributed by atoms with Crippen LogP contribution in [0.2, 0.25) is 0 Å².